The van der Waals surface area contributed by atoms with Gasteiger partial charge in [-0.25, -0.2) is 4.39 Å². The number of anilines is 1. The first-order chi connectivity index (χ1) is 14.9. The van der Waals surface area contributed by atoms with Crippen LogP contribution in [0.4, 0.5) is 23.2 Å². The van der Waals surface area contributed by atoms with E-state index in [1.54, 1.807) is 6.08 Å². The average Bonchev–Trinajstić information content (AvgIpc) is 2.76. The van der Waals surface area contributed by atoms with Crippen LogP contribution in [0.1, 0.15) is 42.9 Å². The molecule has 1 aliphatic carbocycles. The first kappa shape index (κ1) is 22.3. The van der Waals surface area contributed by atoms with Gasteiger partial charge in [0.05, 0.1) is 17.8 Å². The number of allylic oxidation sites excluding steroid dienone is 3. The number of alkyl halides is 3. The maximum Gasteiger partial charge on any atom is 0.416 e. The molecule has 0 amide bonds. The van der Waals surface area contributed by atoms with Gasteiger partial charge in [-0.05, 0) is 69.1 Å². The summed E-state index contributed by atoms with van der Waals surface area (Å²) in [6.07, 6.45) is 3.07. The number of benzene rings is 1. The number of nitrogens with one attached hydrogen (secondary N) is 2. The van der Waals surface area contributed by atoms with Crippen molar-refractivity contribution in [2.24, 2.45) is 17.6 Å². The molecule has 0 aromatic heterocycles. The number of fused-ring (bicyclic) bond motifs is 3. The van der Waals surface area contributed by atoms with Crippen molar-refractivity contribution in [2.45, 2.75) is 50.1 Å². The molecule has 0 radical (unpaired) electrons. The third-order valence-corrected chi connectivity index (χ3v) is 6.50. The second-order valence-corrected chi connectivity index (χ2v) is 8.58. The van der Waals surface area contributed by atoms with Crippen molar-refractivity contribution in [2.75, 3.05) is 25.0 Å². The molecule has 0 spiro atoms. The number of ether oxygens (including phenoxy) is 1. The van der Waals surface area contributed by atoms with E-state index in [2.05, 4.69) is 10.6 Å². The summed E-state index contributed by atoms with van der Waals surface area (Å²) in [7, 11) is 0. The Labute approximate surface area is 179 Å². The van der Waals surface area contributed by atoms with Gasteiger partial charge in [0.15, 0.2) is 0 Å². The maximum atomic E-state index is 13.5. The van der Waals surface area contributed by atoms with Crippen molar-refractivity contribution in [3.05, 3.63) is 53.4 Å². The smallest absolute Gasteiger partial charge is 0.381 e. The van der Waals surface area contributed by atoms with Crippen LogP contribution < -0.4 is 16.4 Å². The number of hydrogen-bond donors (Lipinski definition) is 3. The third kappa shape index (κ3) is 4.96. The quantitative estimate of drug-likeness (QED) is 0.444. The summed E-state index contributed by atoms with van der Waals surface area (Å²) >= 11 is 0. The molecule has 31 heavy (non-hydrogen) atoms. The molecule has 4 nitrogen and oxygen atoms in total. The summed E-state index contributed by atoms with van der Waals surface area (Å²) in [6.45, 7) is 2.04. The normalized spacial score (nSPS) is 30.2. The fourth-order valence-corrected chi connectivity index (χ4v) is 4.91. The van der Waals surface area contributed by atoms with Crippen molar-refractivity contribution < 1.29 is 22.3 Å². The summed E-state index contributed by atoms with van der Waals surface area (Å²) in [5.41, 5.74) is 6.09. The van der Waals surface area contributed by atoms with Crippen molar-refractivity contribution >= 4 is 5.69 Å². The van der Waals surface area contributed by atoms with E-state index < -0.39 is 17.8 Å². The van der Waals surface area contributed by atoms with Crippen LogP contribution in [0.25, 0.3) is 0 Å². The van der Waals surface area contributed by atoms with Gasteiger partial charge in [0.1, 0.15) is 5.83 Å². The zero-order valence-corrected chi connectivity index (χ0v) is 17.3. The van der Waals surface area contributed by atoms with Crippen LogP contribution >= 0.6 is 0 Å². The van der Waals surface area contributed by atoms with E-state index >= 15 is 0 Å². The molecule has 1 fully saturated rings. The van der Waals surface area contributed by atoms with E-state index in [1.165, 1.54) is 18.2 Å². The van der Waals surface area contributed by atoms with Gasteiger partial charge in [-0.15, -0.1) is 0 Å². The Morgan fingerprint density at radius 3 is 2.77 bits per heavy atom. The first-order valence-electron chi connectivity index (χ1n) is 10.9. The Balaban J connectivity index is 1.59. The van der Waals surface area contributed by atoms with Crippen LogP contribution in [0, 0.1) is 11.8 Å². The van der Waals surface area contributed by atoms with E-state index in [1.807, 2.05) is 6.08 Å². The highest BCUT2D eigenvalue weighted by Crippen LogP contribution is 2.49. The largest absolute Gasteiger partial charge is 0.416 e. The standard InChI is InChI=1S/C23H29F4N3O/c24-16-5-2-14(3-6-16)21-18-8-7-17(13-29-11-1-10-28)31-22(18)19-12-15(23(25,26)27)4-9-20(19)30-21/h2,4-6,9,12,14,17-18,21-22,29-30H,1,3,7-8,10-11,13,28H2/t14?,17-,18+,21+,22+/m1/s1. The molecule has 4 N–H and O–H groups in total. The minimum Gasteiger partial charge on any atom is -0.381 e. The number of rotatable bonds is 6. The van der Waals surface area contributed by atoms with Crippen LogP contribution in [-0.4, -0.2) is 31.8 Å². The molecule has 0 bridgehead atoms. The molecule has 3 aliphatic rings. The predicted octanol–water partition coefficient (Wildman–Crippen LogP) is 4.70. The highest BCUT2D eigenvalue weighted by Gasteiger charge is 2.45. The van der Waals surface area contributed by atoms with Crippen molar-refractivity contribution in [3.8, 4) is 0 Å². The summed E-state index contributed by atoms with van der Waals surface area (Å²) in [5, 5.41) is 6.78. The third-order valence-electron chi connectivity index (χ3n) is 6.50. The lowest BCUT2D eigenvalue weighted by Crippen LogP contribution is -2.48. The van der Waals surface area contributed by atoms with Crippen molar-refractivity contribution in [1.82, 2.24) is 5.32 Å². The Bertz CT molecular complexity index is 839. The second-order valence-electron chi connectivity index (χ2n) is 8.58. The van der Waals surface area contributed by atoms with Crippen molar-refractivity contribution in [1.29, 1.82) is 0 Å². The SMILES string of the molecule is NCCCNC[C@H]1CC[C@@H]2[C@H](O1)c1cc(C(F)(F)F)ccc1N[C@H]2C1C=CC(F)=CC1. The van der Waals surface area contributed by atoms with E-state index in [0.717, 1.165) is 31.9 Å². The van der Waals surface area contributed by atoms with Crippen LogP contribution in [0.2, 0.25) is 0 Å². The van der Waals surface area contributed by atoms with E-state index in [9.17, 15) is 17.6 Å². The topological polar surface area (TPSA) is 59.3 Å². The molecule has 0 saturated carbocycles. The van der Waals surface area contributed by atoms with Gasteiger partial charge in [0.2, 0.25) is 0 Å². The predicted molar refractivity (Wildman–Crippen MR) is 112 cm³/mol. The first-order valence-corrected chi connectivity index (χ1v) is 10.9. The van der Waals surface area contributed by atoms with E-state index in [4.69, 9.17) is 10.5 Å². The van der Waals surface area contributed by atoms with Gasteiger partial charge in [0.25, 0.3) is 0 Å². The molecular formula is C23H29F4N3O. The molecule has 4 rings (SSSR count). The molecule has 2 aliphatic heterocycles. The molecule has 1 aromatic rings. The summed E-state index contributed by atoms with van der Waals surface area (Å²) in [4.78, 5) is 0. The summed E-state index contributed by atoms with van der Waals surface area (Å²) in [6, 6.07) is 3.79. The number of nitrogens with two attached hydrogens (primary N) is 1. The van der Waals surface area contributed by atoms with Crippen LogP contribution in [0.3, 0.4) is 0 Å². The minimum absolute atomic E-state index is 0.0143. The molecular weight excluding hydrogens is 410 g/mol. The molecule has 2 heterocycles. The zero-order chi connectivity index (χ0) is 22.0. The Morgan fingerprint density at radius 2 is 2.06 bits per heavy atom. The Morgan fingerprint density at radius 1 is 1.23 bits per heavy atom. The zero-order valence-electron chi connectivity index (χ0n) is 17.3. The molecule has 170 valence electrons. The van der Waals surface area contributed by atoms with Crippen LogP contribution in [0.15, 0.2) is 42.3 Å². The van der Waals surface area contributed by atoms with Gasteiger partial charge in [-0.1, -0.05) is 6.08 Å². The van der Waals surface area contributed by atoms with Gasteiger partial charge in [-0.3, -0.25) is 0 Å². The van der Waals surface area contributed by atoms with E-state index in [0.29, 0.717) is 30.8 Å². The van der Waals surface area contributed by atoms with Gasteiger partial charge in [-0.2, -0.15) is 13.2 Å². The number of halogens is 4. The molecule has 1 aromatic carbocycles. The lowest BCUT2D eigenvalue weighted by Gasteiger charge is -2.47. The minimum atomic E-state index is -4.41. The fourth-order valence-electron chi connectivity index (χ4n) is 4.91. The lowest BCUT2D eigenvalue weighted by molar-refractivity contribution is -0.138. The highest BCUT2D eigenvalue weighted by atomic mass is 19.4. The van der Waals surface area contributed by atoms with Gasteiger partial charge >= 0.3 is 6.18 Å². The Kier molecular flexibility index (Phi) is 6.69. The van der Waals surface area contributed by atoms with Gasteiger partial charge in [0, 0.05) is 35.7 Å². The number of hydrogen-bond acceptors (Lipinski definition) is 4. The average molecular weight is 439 g/mol. The highest BCUT2D eigenvalue weighted by molar-refractivity contribution is 5.58. The summed E-state index contributed by atoms with van der Waals surface area (Å²) in [5.74, 6) is -0.173. The van der Waals surface area contributed by atoms with E-state index in [-0.39, 0.29) is 29.8 Å². The fraction of sp³-hybridized carbons (Fsp3) is 0.565. The molecule has 1 saturated heterocycles. The van der Waals surface area contributed by atoms with Crippen molar-refractivity contribution in [3.63, 3.8) is 0 Å². The monoisotopic (exact) mass is 439 g/mol. The Hall–Kier alpha value is -1.90. The van der Waals surface area contributed by atoms with Crippen LogP contribution in [0.5, 0.6) is 0 Å². The molecule has 8 heteroatoms. The lowest BCUT2D eigenvalue weighted by atomic mass is 9.73. The van der Waals surface area contributed by atoms with Gasteiger partial charge < -0.3 is 21.1 Å². The second kappa shape index (κ2) is 9.30. The molecule has 1 unspecified atom stereocenters. The molecule has 5 atom stereocenters. The van der Waals surface area contributed by atoms with Crippen LogP contribution in [-0.2, 0) is 10.9 Å². The maximum absolute atomic E-state index is 13.5. The summed E-state index contributed by atoms with van der Waals surface area (Å²) < 4.78 is 60.0.